The first-order chi connectivity index (χ1) is 11.6. The predicted octanol–water partition coefficient (Wildman–Crippen LogP) is 1.94. The zero-order valence-electron chi connectivity index (χ0n) is 14.6. The molecule has 1 aromatic rings. The van der Waals surface area contributed by atoms with Crippen LogP contribution in [0.15, 0.2) is 24.3 Å². The maximum Gasteiger partial charge on any atom is 0.227 e. The van der Waals surface area contributed by atoms with Gasteiger partial charge in [-0.3, -0.25) is 9.69 Å². The number of carbonyl (C=O) groups excluding carboxylic acids is 1. The van der Waals surface area contributed by atoms with Gasteiger partial charge in [0.25, 0.3) is 0 Å². The summed E-state index contributed by atoms with van der Waals surface area (Å²) in [6.45, 7) is 9.79. The van der Waals surface area contributed by atoms with Crippen LogP contribution in [-0.2, 0) is 4.79 Å². The molecule has 2 aliphatic rings. The van der Waals surface area contributed by atoms with Gasteiger partial charge in [0.2, 0.25) is 5.91 Å². The zero-order chi connectivity index (χ0) is 17.1. The molecule has 0 spiro atoms. The van der Waals surface area contributed by atoms with Crippen LogP contribution in [0.2, 0.25) is 0 Å². The number of carbonyl (C=O) groups is 1. The molecule has 128 valence electrons. The molecule has 1 amide bonds. The lowest BCUT2D eigenvalue weighted by Crippen LogP contribution is -2.52. The van der Waals surface area contributed by atoms with Crippen molar-refractivity contribution < 1.29 is 4.79 Å². The highest BCUT2D eigenvalue weighted by atomic mass is 16.2. The Morgan fingerprint density at radius 1 is 1.12 bits per heavy atom. The largest absolute Gasteiger partial charge is 0.371 e. The van der Waals surface area contributed by atoms with E-state index in [1.54, 1.807) is 0 Å². The van der Waals surface area contributed by atoms with Gasteiger partial charge in [-0.15, -0.1) is 0 Å². The minimum absolute atomic E-state index is 0.103. The summed E-state index contributed by atoms with van der Waals surface area (Å²) in [4.78, 5) is 19.5. The second-order valence-electron chi connectivity index (χ2n) is 7.05. The number of benzene rings is 1. The Morgan fingerprint density at radius 2 is 1.79 bits per heavy atom. The van der Waals surface area contributed by atoms with E-state index < -0.39 is 0 Å². The van der Waals surface area contributed by atoms with E-state index in [1.807, 2.05) is 29.2 Å². The van der Waals surface area contributed by atoms with Crippen LogP contribution in [0.5, 0.6) is 0 Å². The first kappa shape index (κ1) is 16.8. The molecular weight excluding hydrogens is 300 g/mol. The van der Waals surface area contributed by atoms with Crippen molar-refractivity contribution >= 4 is 11.6 Å². The predicted molar refractivity (Wildman–Crippen MR) is 94.8 cm³/mol. The quantitative estimate of drug-likeness (QED) is 0.852. The van der Waals surface area contributed by atoms with Crippen molar-refractivity contribution in [1.29, 1.82) is 5.26 Å². The monoisotopic (exact) mass is 326 g/mol. The summed E-state index contributed by atoms with van der Waals surface area (Å²) in [5, 5.41) is 8.89. The second kappa shape index (κ2) is 7.23. The third-order valence-electron chi connectivity index (χ3n) is 5.26. The van der Waals surface area contributed by atoms with Crippen LogP contribution in [0.4, 0.5) is 5.69 Å². The summed E-state index contributed by atoms with van der Waals surface area (Å²) < 4.78 is 0. The van der Waals surface area contributed by atoms with E-state index >= 15 is 0 Å². The van der Waals surface area contributed by atoms with Gasteiger partial charge in [0.05, 0.1) is 17.6 Å². The first-order valence-corrected chi connectivity index (χ1v) is 8.86. The van der Waals surface area contributed by atoms with Gasteiger partial charge < -0.3 is 9.80 Å². The van der Waals surface area contributed by atoms with Crippen molar-refractivity contribution in [2.75, 3.05) is 44.2 Å². The molecule has 0 radical (unpaired) electrons. The van der Waals surface area contributed by atoms with Crippen LogP contribution < -0.4 is 4.90 Å². The van der Waals surface area contributed by atoms with Crippen molar-refractivity contribution in [3.05, 3.63) is 29.8 Å². The van der Waals surface area contributed by atoms with Crippen LogP contribution in [0.25, 0.3) is 0 Å². The number of rotatable bonds is 3. The van der Waals surface area contributed by atoms with E-state index in [0.29, 0.717) is 17.5 Å². The SMILES string of the molecule is CC(C)N1CCN(C(=O)[C@H]2CCN(c3ccc(C#N)cc3)C2)CC1. The maximum absolute atomic E-state index is 12.8. The highest BCUT2D eigenvalue weighted by Crippen LogP contribution is 2.25. The van der Waals surface area contributed by atoms with Gasteiger partial charge in [-0.1, -0.05) is 0 Å². The highest BCUT2D eigenvalue weighted by Gasteiger charge is 2.33. The molecule has 0 unspecified atom stereocenters. The van der Waals surface area contributed by atoms with Gasteiger partial charge in [-0.25, -0.2) is 0 Å². The van der Waals surface area contributed by atoms with E-state index in [-0.39, 0.29) is 5.92 Å². The Morgan fingerprint density at radius 3 is 2.38 bits per heavy atom. The molecule has 0 N–H and O–H groups in total. The highest BCUT2D eigenvalue weighted by molar-refractivity contribution is 5.80. The summed E-state index contributed by atoms with van der Waals surface area (Å²) in [6, 6.07) is 10.3. The minimum Gasteiger partial charge on any atom is -0.371 e. The summed E-state index contributed by atoms with van der Waals surface area (Å²) in [5.74, 6) is 0.417. The molecule has 2 saturated heterocycles. The Bertz CT molecular complexity index is 611. The molecule has 2 aliphatic heterocycles. The van der Waals surface area contributed by atoms with E-state index in [0.717, 1.165) is 51.4 Å². The molecule has 2 heterocycles. The van der Waals surface area contributed by atoms with Crippen molar-refractivity contribution in [1.82, 2.24) is 9.80 Å². The number of hydrogen-bond donors (Lipinski definition) is 0. The van der Waals surface area contributed by atoms with E-state index in [4.69, 9.17) is 5.26 Å². The van der Waals surface area contributed by atoms with E-state index in [1.165, 1.54) is 0 Å². The molecule has 0 saturated carbocycles. The van der Waals surface area contributed by atoms with Crippen LogP contribution in [0.1, 0.15) is 25.8 Å². The van der Waals surface area contributed by atoms with E-state index in [9.17, 15) is 4.79 Å². The van der Waals surface area contributed by atoms with Gasteiger partial charge in [0, 0.05) is 51.0 Å². The summed E-state index contributed by atoms with van der Waals surface area (Å²) in [5.41, 5.74) is 1.78. The van der Waals surface area contributed by atoms with Crippen LogP contribution in [0, 0.1) is 17.2 Å². The maximum atomic E-state index is 12.8. The fraction of sp³-hybridized carbons (Fsp3) is 0.579. The van der Waals surface area contributed by atoms with Crippen molar-refractivity contribution in [2.24, 2.45) is 5.92 Å². The number of piperazine rings is 1. The van der Waals surface area contributed by atoms with Crippen molar-refractivity contribution in [3.8, 4) is 6.07 Å². The van der Waals surface area contributed by atoms with Gasteiger partial charge in [0.1, 0.15) is 0 Å². The first-order valence-electron chi connectivity index (χ1n) is 8.86. The molecule has 5 heteroatoms. The fourth-order valence-electron chi connectivity index (χ4n) is 3.66. The van der Waals surface area contributed by atoms with Gasteiger partial charge in [-0.2, -0.15) is 5.26 Å². The van der Waals surface area contributed by atoms with Crippen LogP contribution in [0.3, 0.4) is 0 Å². The topological polar surface area (TPSA) is 50.6 Å². The van der Waals surface area contributed by atoms with Crippen molar-refractivity contribution in [3.63, 3.8) is 0 Å². The Hall–Kier alpha value is -2.06. The summed E-state index contributed by atoms with van der Waals surface area (Å²) in [6.07, 6.45) is 0.920. The van der Waals surface area contributed by atoms with Crippen molar-refractivity contribution in [2.45, 2.75) is 26.3 Å². The average molecular weight is 326 g/mol. The normalized spacial score (nSPS) is 22.0. The molecule has 0 aliphatic carbocycles. The van der Waals surface area contributed by atoms with E-state index in [2.05, 4.69) is 29.7 Å². The lowest BCUT2D eigenvalue weighted by Gasteiger charge is -2.37. The minimum atomic E-state index is 0.103. The van der Waals surface area contributed by atoms with Gasteiger partial charge in [-0.05, 0) is 44.5 Å². The summed E-state index contributed by atoms with van der Waals surface area (Å²) in [7, 11) is 0. The third kappa shape index (κ3) is 3.54. The molecule has 0 aromatic heterocycles. The molecule has 2 fully saturated rings. The molecule has 1 atom stereocenters. The smallest absolute Gasteiger partial charge is 0.227 e. The molecule has 1 aromatic carbocycles. The average Bonchev–Trinajstić information content (AvgIpc) is 3.11. The molecule has 5 nitrogen and oxygen atoms in total. The van der Waals surface area contributed by atoms with Crippen LogP contribution >= 0.6 is 0 Å². The summed E-state index contributed by atoms with van der Waals surface area (Å²) >= 11 is 0. The molecule has 24 heavy (non-hydrogen) atoms. The molecular formula is C19H26N4O. The zero-order valence-corrected chi connectivity index (χ0v) is 14.6. The lowest BCUT2D eigenvalue weighted by molar-refractivity contribution is -0.136. The number of hydrogen-bond acceptors (Lipinski definition) is 4. The number of nitrogens with zero attached hydrogens (tertiary/aromatic N) is 4. The molecule has 3 rings (SSSR count). The Kier molecular flexibility index (Phi) is 5.06. The Labute approximate surface area is 144 Å². The number of anilines is 1. The third-order valence-corrected chi connectivity index (χ3v) is 5.26. The number of amides is 1. The standard InChI is InChI=1S/C19H26N4O/c1-15(2)21-9-11-22(12-10-21)19(24)17-7-8-23(14-17)18-5-3-16(13-20)4-6-18/h3-6,15,17H,7-12,14H2,1-2H3/t17-/m0/s1. The molecule has 0 bridgehead atoms. The number of nitriles is 1. The lowest BCUT2D eigenvalue weighted by atomic mass is 10.1. The van der Waals surface area contributed by atoms with Gasteiger partial charge >= 0.3 is 0 Å². The van der Waals surface area contributed by atoms with Crippen LogP contribution in [-0.4, -0.2) is 61.0 Å². The Balaban J connectivity index is 1.55. The van der Waals surface area contributed by atoms with Gasteiger partial charge in [0.15, 0.2) is 0 Å². The second-order valence-corrected chi connectivity index (χ2v) is 7.05. The fourth-order valence-corrected chi connectivity index (χ4v) is 3.66.